The van der Waals surface area contributed by atoms with E-state index in [4.69, 9.17) is 0 Å². The number of hydrogen-bond acceptors (Lipinski definition) is 2. The fourth-order valence-corrected chi connectivity index (χ4v) is 3.20. The number of rotatable bonds is 6. The second-order valence-corrected chi connectivity index (χ2v) is 7.11. The Kier molecular flexibility index (Phi) is 6.25. The smallest absolute Gasteiger partial charge is 0.0239 e. The van der Waals surface area contributed by atoms with E-state index in [1.807, 2.05) is 0 Å². The molecule has 0 saturated carbocycles. The Bertz CT molecular complexity index is 427. The maximum Gasteiger partial charge on any atom is 0.0239 e. The Morgan fingerprint density at radius 1 is 1.05 bits per heavy atom. The molecule has 0 aromatic heterocycles. The maximum absolute atomic E-state index is 3.61. The van der Waals surface area contributed by atoms with Gasteiger partial charge in [-0.2, -0.15) is 0 Å². The van der Waals surface area contributed by atoms with Gasteiger partial charge >= 0.3 is 0 Å². The van der Waals surface area contributed by atoms with Gasteiger partial charge in [0.15, 0.2) is 0 Å². The summed E-state index contributed by atoms with van der Waals surface area (Å²) < 4.78 is 0. The SMILES string of the molecule is CC(C)CNCC(C)C(C)N1CCCc2ccccc2C1. The summed E-state index contributed by atoms with van der Waals surface area (Å²) >= 11 is 0. The molecule has 0 saturated heterocycles. The van der Waals surface area contributed by atoms with Gasteiger partial charge in [0.05, 0.1) is 0 Å². The van der Waals surface area contributed by atoms with E-state index in [0.717, 1.165) is 25.6 Å². The van der Waals surface area contributed by atoms with Crippen LogP contribution in [0.1, 0.15) is 45.2 Å². The molecule has 1 aromatic rings. The van der Waals surface area contributed by atoms with Gasteiger partial charge < -0.3 is 5.32 Å². The van der Waals surface area contributed by atoms with Gasteiger partial charge in [0.25, 0.3) is 0 Å². The van der Waals surface area contributed by atoms with E-state index in [1.54, 1.807) is 5.56 Å². The Morgan fingerprint density at radius 3 is 2.48 bits per heavy atom. The van der Waals surface area contributed by atoms with Crippen molar-refractivity contribution in [2.24, 2.45) is 11.8 Å². The molecule has 0 aliphatic carbocycles. The van der Waals surface area contributed by atoms with Crippen molar-refractivity contribution in [2.45, 2.75) is 53.1 Å². The van der Waals surface area contributed by atoms with Crippen molar-refractivity contribution < 1.29 is 0 Å². The highest BCUT2D eigenvalue weighted by atomic mass is 15.2. The zero-order valence-electron chi connectivity index (χ0n) is 14.2. The molecule has 0 radical (unpaired) electrons. The van der Waals surface area contributed by atoms with Crippen LogP contribution < -0.4 is 5.32 Å². The van der Waals surface area contributed by atoms with Crippen molar-refractivity contribution in [3.63, 3.8) is 0 Å². The maximum atomic E-state index is 3.61. The lowest BCUT2D eigenvalue weighted by atomic mass is 10.0. The number of hydrogen-bond donors (Lipinski definition) is 1. The number of nitrogens with one attached hydrogen (secondary N) is 1. The van der Waals surface area contributed by atoms with Crippen LogP contribution in [-0.4, -0.2) is 30.6 Å². The highest BCUT2D eigenvalue weighted by molar-refractivity contribution is 5.28. The average Bonchev–Trinajstić information content (AvgIpc) is 2.68. The first-order valence-corrected chi connectivity index (χ1v) is 8.59. The van der Waals surface area contributed by atoms with Crippen molar-refractivity contribution in [1.29, 1.82) is 0 Å². The second kappa shape index (κ2) is 7.95. The molecule has 0 amide bonds. The van der Waals surface area contributed by atoms with E-state index >= 15 is 0 Å². The van der Waals surface area contributed by atoms with Gasteiger partial charge in [-0.05, 0) is 62.4 Å². The molecule has 1 N–H and O–H groups in total. The summed E-state index contributed by atoms with van der Waals surface area (Å²) in [7, 11) is 0. The van der Waals surface area contributed by atoms with Gasteiger partial charge in [0.2, 0.25) is 0 Å². The lowest BCUT2D eigenvalue weighted by molar-refractivity contribution is 0.153. The van der Waals surface area contributed by atoms with Crippen molar-refractivity contribution in [1.82, 2.24) is 10.2 Å². The van der Waals surface area contributed by atoms with Gasteiger partial charge in [-0.1, -0.05) is 45.0 Å². The first-order valence-electron chi connectivity index (χ1n) is 8.59. The molecule has 2 rings (SSSR count). The molecular formula is C19H32N2. The van der Waals surface area contributed by atoms with Crippen LogP contribution in [0, 0.1) is 11.8 Å². The Morgan fingerprint density at radius 2 is 1.76 bits per heavy atom. The molecule has 118 valence electrons. The third-order valence-electron chi connectivity index (χ3n) is 4.80. The third-order valence-corrected chi connectivity index (χ3v) is 4.80. The van der Waals surface area contributed by atoms with Crippen LogP contribution in [0.3, 0.4) is 0 Å². The monoisotopic (exact) mass is 288 g/mol. The molecule has 0 fully saturated rings. The van der Waals surface area contributed by atoms with Crippen molar-refractivity contribution in [2.75, 3.05) is 19.6 Å². The summed E-state index contributed by atoms with van der Waals surface area (Å²) in [6, 6.07) is 9.60. The Labute approximate surface area is 130 Å². The molecule has 2 unspecified atom stereocenters. The van der Waals surface area contributed by atoms with Crippen molar-refractivity contribution in [3.05, 3.63) is 35.4 Å². The van der Waals surface area contributed by atoms with Gasteiger partial charge in [-0.15, -0.1) is 0 Å². The predicted octanol–water partition coefficient (Wildman–Crippen LogP) is 3.71. The summed E-state index contributed by atoms with van der Waals surface area (Å²) in [6.45, 7) is 13.9. The first kappa shape index (κ1) is 16.5. The highest BCUT2D eigenvalue weighted by Crippen LogP contribution is 2.22. The minimum Gasteiger partial charge on any atom is -0.316 e. The molecule has 1 heterocycles. The minimum atomic E-state index is 0.635. The second-order valence-electron chi connectivity index (χ2n) is 7.11. The Balaban J connectivity index is 1.91. The van der Waals surface area contributed by atoms with Crippen LogP contribution in [0.2, 0.25) is 0 Å². The molecule has 1 aromatic carbocycles. The van der Waals surface area contributed by atoms with Crippen LogP contribution >= 0.6 is 0 Å². The fraction of sp³-hybridized carbons (Fsp3) is 0.684. The first-order chi connectivity index (χ1) is 10.1. The zero-order valence-corrected chi connectivity index (χ0v) is 14.2. The molecule has 2 heteroatoms. The number of benzene rings is 1. The van der Waals surface area contributed by atoms with E-state index in [-0.39, 0.29) is 0 Å². The van der Waals surface area contributed by atoms with E-state index in [1.165, 1.54) is 24.9 Å². The summed E-state index contributed by atoms with van der Waals surface area (Å²) in [6.07, 6.45) is 2.52. The van der Waals surface area contributed by atoms with Gasteiger partial charge in [0, 0.05) is 12.6 Å². The topological polar surface area (TPSA) is 15.3 Å². The predicted molar refractivity (Wildman–Crippen MR) is 91.5 cm³/mol. The molecular weight excluding hydrogens is 256 g/mol. The summed E-state index contributed by atoms with van der Waals surface area (Å²) in [5.41, 5.74) is 3.09. The largest absolute Gasteiger partial charge is 0.316 e. The van der Waals surface area contributed by atoms with E-state index < -0.39 is 0 Å². The van der Waals surface area contributed by atoms with Crippen LogP contribution in [0.4, 0.5) is 0 Å². The lowest BCUT2D eigenvalue weighted by Crippen LogP contribution is -2.41. The molecule has 1 aliphatic heterocycles. The third kappa shape index (κ3) is 4.82. The minimum absolute atomic E-state index is 0.635. The number of aryl methyl sites for hydroxylation is 1. The zero-order chi connectivity index (χ0) is 15.2. The van der Waals surface area contributed by atoms with E-state index in [2.05, 4.69) is 62.2 Å². The highest BCUT2D eigenvalue weighted by Gasteiger charge is 2.22. The average molecular weight is 288 g/mol. The molecule has 1 aliphatic rings. The lowest BCUT2D eigenvalue weighted by Gasteiger charge is -2.32. The van der Waals surface area contributed by atoms with Crippen LogP contribution in [0.25, 0.3) is 0 Å². The Hall–Kier alpha value is -0.860. The summed E-state index contributed by atoms with van der Waals surface area (Å²) in [4.78, 5) is 2.67. The number of fused-ring (bicyclic) bond motifs is 1. The molecule has 2 atom stereocenters. The van der Waals surface area contributed by atoms with Crippen LogP contribution in [0.5, 0.6) is 0 Å². The van der Waals surface area contributed by atoms with Gasteiger partial charge in [0.1, 0.15) is 0 Å². The van der Waals surface area contributed by atoms with E-state index in [0.29, 0.717) is 12.0 Å². The summed E-state index contributed by atoms with van der Waals surface area (Å²) in [5, 5.41) is 3.61. The van der Waals surface area contributed by atoms with Crippen molar-refractivity contribution >= 4 is 0 Å². The van der Waals surface area contributed by atoms with Crippen molar-refractivity contribution in [3.8, 4) is 0 Å². The fourth-order valence-electron chi connectivity index (χ4n) is 3.20. The van der Waals surface area contributed by atoms with Crippen LogP contribution in [-0.2, 0) is 13.0 Å². The van der Waals surface area contributed by atoms with Crippen LogP contribution in [0.15, 0.2) is 24.3 Å². The van der Waals surface area contributed by atoms with Gasteiger partial charge in [-0.25, -0.2) is 0 Å². The molecule has 2 nitrogen and oxygen atoms in total. The molecule has 0 spiro atoms. The summed E-state index contributed by atoms with van der Waals surface area (Å²) in [5.74, 6) is 1.42. The van der Waals surface area contributed by atoms with E-state index in [9.17, 15) is 0 Å². The normalized spacial score (nSPS) is 19.1. The quantitative estimate of drug-likeness (QED) is 0.858. The molecule has 0 bridgehead atoms. The standard InChI is InChI=1S/C19H32N2/c1-15(2)12-20-13-16(3)17(4)21-11-7-10-18-8-5-6-9-19(18)14-21/h5-6,8-9,15-17,20H,7,10-14H2,1-4H3. The van der Waals surface area contributed by atoms with Gasteiger partial charge in [-0.3, -0.25) is 4.90 Å². The molecule has 21 heavy (non-hydrogen) atoms. The number of nitrogens with zero attached hydrogens (tertiary/aromatic N) is 1.